The second kappa shape index (κ2) is 12.1. The number of ether oxygens (including phenoxy) is 3. The van der Waals surface area contributed by atoms with Crippen molar-refractivity contribution in [2.75, 3.05) is 26.8 Å². The topological polar surface area (TPSA) is 97.3 Å². The van der Waals surface area contributed by atoms with Gasteiger partial charge < -0.3 is 29.5 Å². The third-order valence-electron chi connectivity index (χ3n) is 7.72. The standard InChI is InChI=1S/C34H31FN2O6/c1-41-30-11-6-23-19-31(30)42-15-3-13-36-34(40)28-20-26(8-10-29(28)38)43-25-7-9-27-22(18-25)12-14-37(33(23)27)32(39)17-21-4-2-5-24(35)16-21/h2,4-11,16,18-20,33,38H,3,12-15,17H2,1H3,(H,36,40). The molecule has 43 heavy (non-hydrogen) atoms. The molecule has 2 amide bonds. The van der Waals surface area contributed by atoms with Crippen LogP contribution in [0.4, 0.5) is 4.39 Å². The maximum Gasteiger partial charge on any atom is 0.255 e. The maximum absolute atomic E-state index is 13.9. The van der Waals surface area contributed by atoms with E-state index in [1.807, 2.05) is 41.3 Å². The molecule has 0 aromatic heterocycles. The van der Waals surface area contributed by atoms with Crippen LogP contribution in [0.1, 0.15) is 45.1 Å². The van der Waals surface area contributed by atoms with Crippen molar-refractivity contribution in [3.63, 3.8) is 0 Å². The van der Waals surface area contributed by atoms with Gasteiger partial charge in [0.05, 0.1) is 31.7 Å². The van der Waals surface area contributed by atoms with Crippen molar-refractivity contribution >= 4 is 11.8 Å². The third-order valence-corrected chi connectivity index (χ3v) is 7.72. The first kappa shape index (κ1) is 28.1. The highest BCUT2D eigenvalue weighted by Crippen LogP contribution is 2.41. The summed E-state index contributed by atoms with van der Waals surface area (Å²) in [6.45, 7) is 1.06. The first-order valence-corrected chi connectivity index (χ1v) is 14.2. The smallest absolute Gasteiger partial charge is 0.255 e. The van der Waals surface area contributed by atoms with Crippen molar-refractivity contribution in [3.05, 3.63) is 112 Å². The van der Waals surface area contributed by atoms with Gasteiger partial charge in [-0.2, -0.15) is 0 Å². The Morgan fingerprint density at radius 1 is 1.07 bits per heavy atom. The van der Waals surface area contributed by atoms with Gasteiger partial charge in [-0.1, -0.05) is 24.3 Å². The van der Waals surface area contributed by atoms with E-state index in [-0.39, 0.29) is 29.5 Å². The van der Waals surface area contributed by atoms with Crippen LogP contribution in [0.25, 0.3) is 0 Å². The second-order valence-electron chi connectivity index (χ2n) is 10.6. The summed E-state index contributed by atoms with van der Waals surface area (Å²) in [6, 6.07) is 21.6. The highest BCUT2D eigenvalue weighted by Gasteiger charge is 2.33. The molecular weight excluding hydrogens is 551 g/mol. The van der Waals surface area contributed by atoms with Gasteiger partial charge in [0.1, 0.15) is 23.1 Å². The normalized spacial score (nSPS) is 16.3. The van der Waals surface area contributed by atoms with Crippen molar-refractivity contribution in [2.45, 2.75) is 25.3 Å². The van der Waals surface area contributed by atoms with Crippen LogP contribution in [0.15, 0.2) is 78.9 Å². The summed E-state index contributed by atoms with van der Waals surface area (Å²) in [5, 5.41) is 13.1. The van der Waals surface area contributed by atoms with Gasteiger partial charge in [0.15, 0.2) is 11.5 Å². The van der Waals surface area contributed by atoms with Crippen LogP contribution in [-0.4, -0.2) is 48.6 Å². The summed E-state index contributed by atoms with van der Waals surface area (Å²) in [5.74, 6) is 0.974. The minimum atomic E-state index is -0.425. The van der Waals surface area contributed by atoms with E-state index >= 15 is 0 Å². The first-order valence-electron chi connectivity index (χ1n) is 14.2. The molecule has 1 unspecified atom stereocenters. The average molecular weight is 583 g/mol. The number of fused-ring (bicyclic) bond motifs is 6. The Labute approximate surface area is 248 Å². The molecule has 8 nitrogen and oxygen atoms in total. The summed E-state index contributed by atoms with van der Waals surface area (Å²) >= 11 is 0. The summed E-state index contributed by atoms with van der Waals surface area (Å²) < 4.78 is 31.7. The highest BCUT2D eigenvalue weighted by molar-refractivity contribution is 5.97. The summed E-state index contributed by atoms with van der Waals surface area (Å²) in [5.41, 5.74) is 3.51. The molecule has 0 saturated heterocycles. The summed E-state index contributed by atoms with van der Waals surface area (Å²) in [7, 11) is 1.56. The van der Waals surface area contributed by atoms with Gasteiger partial charge in [-0.05, 0) is 89.7 Å². The first-order chi connectivity index (χ1) is 20.9. The van der Waals surface area contributed by atoms with Crippen LogP contribution in [0.3, 0.4) is 0 Å². The number of phenolic OH excluding ortho intramolecular Hbond substituents is 1. The van der Waals surface area contributed by atoms with Crippen LogP contribution in [0.2, 0.25) is 0 Å². The van der Waals surface area contributed by atoms with Crippen molar-refractivity contribution < 1.29 is 33.3 Å². The Hall–Kier alpha value is -5.05. The van der Waals surface area contributed by atoms with Crippen LogP contribution in [-0.2, 0) is 17.6 Å². The monoisotopic (exact) mass is 582 g/mol. The number of phenols is 1. The Bertz CT molecular complexity index is 1690. The van der Waals surface area contributed by atoms with E-state index in [1.54, 1.807) is 25.3 Å². The quantitative estimate of drug-likeness (QED) is 0.328. The fourth-order valence-electron chi connectivity index (χ4n) is 5.64. The van der Waals surface area contributed by atoms with Crippen LogP contribution in [0.5, 0.6) is 28.7 Å². The van der Waals surface area contributed by atoms with Crippen molar-refractivity contribution in [3.8, 4) is 28.7 Å². The molecule has 0 aliphatic carbocycles. The molecule has 0 fully saturated rings. The molecular formula is C34H31FN2O6. The van der Waals surface area contributed by atoms with Gasteiger partial charge in [-0.25, -0.2) is 4.39 Å². The highest BCUT2D eigenvalue weighted by atomic mass is 19.1. The number of rotatable bonds is 3. The Morgan fingerprint density at radius 3 is 2.74 bits per heavy atom. The summed E-state index contributed by atoms with van der Waals surface area (Å²) in [4.78, 5) is 28.4. The number of hydrogen-bond donors (Lipinski definition) is 2. The lowest BCUT2D eigenvalue weighted by atomic mass is 9.87. The number of nitrogens with zero attached hydrogens (tertiary/aromatic N) is 1. The Kier molecular flexibility index (Phi) is 7.87. The van der Waals surface area contributed by atoms with Gasteiger partial charge in [0.25, 0.3) is 5.91 Å². The van der Waals surface area contributed by atoms with E-state index in [4.69, 9.17) is 14.2 Å². The Balaban J connectivity index is 1.42. The van der Waals surface area contributed by atoms with Crippen LogP contribution < -0.4 is 19.5 Å². The molecule has 3 aliphatic rings. The van der Waals surface area contributed by atoms with E-state index in [0.717, 1.165) is 16.7 Å². The lowest BCUT2D eigenvalue weighted by molar-refractivity contribution is -0.132. The second-order valence-corrected chi connectivity index (χ2v) is 10.6. The van der Waals surface area contributed by atoms with E-state index in [0.29, 0.717) is 61.1 Å². The molecule has 3 aliphatic heterocycles. The number of benzene rings is 4. The van der Waals surface area contributed by atoms with E-state index < -0.39 is 11.9 Å². The predicted octanol–water partition coefficient (Wildman–Crippen LogP) is 5.56. The lowest BCUT2D eigenvalue weighted by Crippen LogP contribution is -2.41. The van der Waals surface area contributed by atoms with Gasteiger partial charge in [-0.3, -0.25) is 9.59 Å². The molecule has 4 aromatic rings. The van der Waals surface area contributed by atoms with Crippen molar-refractivity contribution in [1.29, 1.82) is 0 Å². The number of aromatic hydroxyl groups is 1. The van der Waals surface area contributed by atoms with E-state index in [1.165, 1.54) is 24.3 Å². The fourth-order valence-corrected chi connectivity index (χ4v) is 5.64. The zero-order valence-corrected chi connectivity index (χ0v) is 23.6. The number of hydrogen-bond acceptors (Lipinski definition) is 6. The molecule has 0 saturated carbocycles. The number of carbonyl (C=O) groups excluding carboxylic acids is 2. The lowest BCUT2D eigenvalue weighted by Gasteiger charge is -2.38. The number of halogens is 1. The summed E-state index contributed by atoms with van der Waals surface area (Å²) in [6.07, 6.45) is 1.16. The average Bonchev–Trinajstić information content (AvgIpc) is 3.00. The molecule has 0 radical (unpaired) electrons. The number of methoxy groups -OCH3 is 1. The molecule has 4 aromatic carbocycles. The largest absolute Gasteiger partial charge is 0.507 e. The molecule has 220 valence electrons. The van der Waals surface area contributed by atoms with Gasteiger partial charge in [-0.15, -0.1) is 0 Å². The van der Waals surface area contributed by atoms with E-state index in [9.17, 15) is 19.1 Å². The molecule has 3 heterocycles. The minimum absolute atomic E-state index is 0.0687. The van der Waals surface area contributed by atoms with Crippen molar-refractivity contribution in [1.82, 2.24) is 10.2 Å². The van der Waals surface area contributed by atoms with Crippen molar-refractivity contribution in [2.24, 2.45) is 0 Å². The minimum Gasteiger partial charge on any atom is -0.507 e. The molecule has 8 bridgehead atoms. The SMILES string of the molecule is COc1ccc2cc1OCCCNC(=O)c1cc(ccc1O)Oc1ccc3c(c1)CCN(C(=O)Cc1cccc(F)c1)C23. The molecule has 0 spiro atoms. The maximum atomic E-state index is 13.9. The predicted molar refractivity (Wildman–Crippen MR) is 157 cm³/mol. The zero-order valence-electron chi connectivity index (χ0n) is 23.6. The molecule has 7 rings (SSSR count). The molecule has 9 heteroatoms. The van der Waals surface area contributed by atoms with Gasteiger partial charge in [0, 0.05) is 13.1 Å². The van der Waals surface area contributed by atoms with Crippen LogP contribution >= 0.6 is 0 Å². The third kappa shape index (κ3) is 5.97. The Morgan fingerprint density at radius 2 is 1.91 bits per heavy atom. The number of carbonyl (C=O) groups is 2. The van der Waals surface area contributed by atoms with Crippen LogP contribution in [0, 0.1) is 5.82 Å². The molecule has 2 N–H and O–H groups in total. The molecule has 1 atom stereocenters. The zero-order chi connectivity index (χ0) is 29.9. The fraction of sp³-hybridized carbons (Fsp3) is 0.235. The number of nitrogens with one attached hydrogen (secondary N) is 1. The van der Waals surface area contributed by atoms with E-state index in [2.05, 4.69) is 5.32 Å². The number of amides is 2. The van der Waals surface area contributed by atoms with Gasteiger partial charge >= 0.3 is 0 Å². The van der Waals surface area contributed by atoms with Gasteiger partial charge in [0.2, 0.25) is 5.91 Å².